The van der Waals surface area contributed by atoms with Crippen LogP contribution in [0.15, 0.2) is 18.2 Å². The fourth-order valence-corrected chi connectivity index (χ4v) is 3.70. The highest BCUT2D eigenvalue weighted by Gasteiger charge is 2.30. The third-order valence-electron chi connectivity index (χ3n) is 4.84. The molecule has 20 heavy (non-hydrogen) atoms. The molecule has 2 atom stereocenters. The van der Waals surface area contributed by atoms with Crippen LogP contribution in [0.2, 0.25) is 0 Å². The van der Waals surface area contributed by atoms with Crippen molar-refractivity contribution >= 4 is 0 Å². The van der Waals surface area contributed by atoms with Gasteiger partial charge in [0.2, 0.25) is 0 Å². The zero-order valence-electron chi connectivity index (χ0n) is 12.3. The molecule has 3 rings (SSSR count). The molecule has 1 aliphatic heterocycles. The zero-order chi connectivity index (χ0) is 13.9. The fraction of sp³-hybridized carbons (Fsp3) is 0.647. The highest BCUT2D eigenvalue weighted by Crippen LogP contribution is 2.35. The van der Waals surface area contributed by atoms with Gasteiger partial charge in [0.15, 0.2) is 0 Å². The van der Waals surface area contributed by atoms with Gasteiger partial charge in [0.1, 0.15) is 5.75 Å². The van der Waals surface area contributed by atoms with Gasteiger partial charge in [-0.25, -0.2) is 0 Å². The molecule has 3 nitrogen and oxygen atoms in total. The Labute approximate surface area is 121 Å². The van der Waals surface area contributed by atoms with Gasteiger partial charge in [0.25, 0.3) is 0 Å². The van der Waals surface area contributed by atoms with E-state index < -0.39 is 0 Å². The van der Waals surface area contributed by atoms with Gasteiger partial charge in [-0.05, 0) is 36.0 Å². The van der Waals surface area contributed by atoms with Crippen molar-refractivity contribution in [2.45, 2.75) is 50.7 Å². The molecular formula is C17H25NO2. The fourth-order valence-electron chi connectivity index (χ4n) is 3.70. The molecule has 0 aromatic heterocycles. The Kier molecular flexibility index (Phi) is 4.27. The molecule has 2 N–H and O–H groups in total. The number of methoxy groups -OCH3 is 1. The summed E-state index contributed by atoms with van der Waals surface area (Å²) in [4.78, 5) is 0. The average Bonchev–Trinajstić information content (AvgIpc) is 2.96. The first kappa shape index (κ1) is 13.9. The van der Waals surface area contributed by atoms with Crippen LogP contribution >= 0.6 is 0 Å². The topological polar surface area (TPSA) is 44.5 Å². The quantitative estimate of drug-likeness (QED) is 0.917. The Morgan fingerprint density at radius 2 is 2.05 bits per heavy atom. The number of ether oxygens (including phenoxy) is 2. The van der Waals surface area contributed by atoms with Crippen LogP contribution in [0, 0.1) is 5.92 Å². The largest absolute Gasteiger partial charge is 0.493 e. The Morgan fingerprint density at radius 3 is 2.80 bits per heavy atom. The van der Waals surface area contributed by atoms with Crippen LogP contribution in [0.25, 0.3) is 0 Å². The number of hydrogen-bond donors (Lipinski definition) is 1. The lowest BCUT2D eigenvalue weighted by atomic mass is 9.81. The highest BCUT2D eigenvalue weighted by atomic mass is 16.5. The standard InChI is InChI=1S/C17H25NO2/c1-19-17(12-5-3-2-4-6-12)16(18)14-7-8-15-13(11-14)9-10-20-15/h7-8,11-12,16-17H,2-6,9-10,18H2,1H3. The minimum absolute atomic E-state index is 0.0333. The van der Waals surface area contributed by atoms with Crippen molar-refractivity contribution in [1.29, 1.82) is 0 Å². The summed E-state index contributed by atoms with van der Waals surface area (Å²) in [6.45, 7) is 0.796. The van der Waals surface area contributed by atoms with Crippen LogP contribution in [0.3, 0.4) is 0 Å². The molecule has 0 bridgehead atoms. The molecule has 1 aliphatic carbocycles. The van der Waals surface area contributed by atoms with Crippen LogP contribution in [-0.4, -0.2) is 19.8 Å². The van der Waals surface area contributed by atoms with E-state index in [9.17, 15) is 0 Å². The molecule has 1 aromatic rings. The van der Waals surface area contributed by atoms with Gasteiger partial charge >= 0.3 is 0 Å². The summed E-state index contributed by atoms with van der Waals surface area (Å²) >= 11 is 0. The molecule has 0 saturated heterocycles. The van der Waals surface area contributed by atoms with E-state index in [1.165, 1.54) is 43.2 Å². The number of nitrogens with two attached hydrogens (primary N) is 1. The first-order chi connectivity index (χ1) is 9.79. The van der Waals surface area contributed by atoms with Crippen LogP contribution in [0.5, 0.6) is 5.75 Å². The molecule has 0 amide bonds. The molecule has 110 valence electrons. The van der Waals surface area contributed by atoms with Crippen LogP contribution in [0.1, 0.15) is 49.3 Å². The molecule has 1 saturated carbocycles. The smallest absolute Gasteiger partial charge is 0.122 e. The molecule has 1 fully saturated rings. The molecule has 0 spiro atoms. The zero-order valence-corrected chi connectivity index (χ0v) is 12.3. The van der Waals surface area contributed by atoms with E-state index in [0.29, 0.717) is 5.92 Å². The lowest BCUT2D eigenvalue weighted by molar-refractivity contribution is 0.0173. The van der Waals surface area contributed by atoms with Gasteiger partial charge < -0.3 is 15.2 Å². The first-order valence-corrected chi connectivity index (χ1v) is 7.83. The van der Waals surface area contributed by atoms with Gasteiger partial charge in [-0.15, -0.1) is 0 Å². The van der Waals surface area contributed by atoms with Crippen molar-refractivity contribution in [3.05, 3.63) is 29.3 Å². The minimum Gasteiger partial charge on any atom is -0.493 e. The molecular weight excluding hydrogens is 250 g/mol. The van der Waals surface area contributed by atoms with Gasteiger partial charge in [-0.1, -0.05) is 31.4 Å². The van der Waals surface area contributed by atoms with E-state index in [-0.39, 0.29) is 12.1 Å². The summed E-state index contributed by atoms with van der Waals surface area (Å²) in [6.07, 6.45) is 7.62. The summed E-state index contributed by atoms with van der Waals surface area (Å²) in [5, 5.41) is 0. The predicted octanol–water partition coefficient (Wildman–Crippen LogP) is 3.22. The summed E-state index contributed by atoms with van der Waals surface area (Å²) < 4.78 is 11.3. The molecule has 1 heterocycles. The number of hydrogen-bond acceptors (Lipinski definition) is 3. The second-order valence-corrected chi connectivity index (χ2v) is 6.09. The monoisotopic (exact) mass is 275 g/mol. The van der Waals surface area contributed by atoms with Crippen molar-refractivity contribution in [3.63, 3.8) is 0 Å². The molecule has 1 aromatic carbocycles. The summed E-state index contributed by atoms with van der Waals surface area (Å²) in [7, 11) is 1.80. The van der Waals surface area contributed by atoms with E-state index >= 15 is 0 Å². The maximum absolute atomic E-state index is 6.51. The molecule has 0 radical (unpaired) electrons. The normalized spacial score (nSPS) is 22.1. The molecule has 2 unspecified atom stereocenters. The van der Waals surface area contributed by atoms with Crippen molar-refractivity contribution < 1.29 is 9.47 Å². The van der Waals surface area contributed by atoms with E-state index in [1.807, 2.05) is 0 Å². The predicted molar refractivity (Wildman–Crippen MR) is 79.9 cm³/mol. The van der Waals surface area contributed by atoms with Crippen molar-refractivity contribution in [2.24, 2.45) is 11.7 Å². The first-order valence-electron chi connectivity index (χ1n) is 7.83. The Balaban J connectivity index is 1.77. The number of fused-ring (bicyclic) bond motifs is 1. The SMILES string of the molecule is COC(C1CCCCC1)C(N)c1ccc2c(c1)CCO2. The Bertz CT molecular complexity index is 454. The van der Waals surface area contributed by atoms with Crippen LogP contribution < -0.4 is 10.5 Å². The van der Waals surface area contributed by atoms with Crippen LogP contribution in [0.4, 0.5) is 0 Å². The van der Waals surface area contributed by atoms with E-state index in [1.54, 1.807) is 7.11 Å². The average molecular weight is 275 g/mol. The molecule has 3 heteroatoms. The van der Waals surface area contributed by atoms with E-state index in [0.717, 1.165) is 18.8 Å². The van der Waals surface area contributed by atoms with E-state index in [2.05, 4.69) is 18.2 Å². The summed E-state index contributed by atoms with van der Waals surface area (Å²) in [5.74, 6) is 1.63. The second kappa shape index (κ2) is 6.15. The van der Waals surface area contributed by atoms with Crippen molar-refractivity contribution in [1.82, 2.24) is 0 Å². The minimum atomic E-state index is -0.0333. The lowest BCUT2D eigenvalue weighted by Crippen LogP contribution is -2.35. The van der Waals surface area contributed by atoms with Gasteiger partial charge in [-0.2, -0.15) is 0 Å². The maximum Gasteiger partial charge on any atom is 0.122 e. The summed E-state index contributed by atoms with van der Waals surface area (Å²) in [6, 6.07) is 6.34. The number of rotatable bonds is 4. The summed E-state index contributed by atoms with van der Waals surface area (Å²) in [5.41, 5.74) is 8.98. The third-order valence-corrected chi connectivity index (χ3v) is 4.84. The second-order valence-electron chi connectivity index (χ2n) is 6.09. The highest BCUT2D eigenvalue weighted by molar-refractivity contribution is 5.41. The van der Waals surface area contributed by atoms with Crippen molar-refractivity contribution in [3.8, 4) is 5.75 Å². The maximum atomic E-state index is 6.51. The van der Waals surface area contributed by atoms with Gasteiger partial charge in [-0.3, -0.25) is 0 Å². The van der Waals surface area contributed by atoms with E-state index in [4.69, 9.17) is 15.2 Å². The van der Waals surface area contributed by atoms with Gasteiger partial charge in [0.05, 0.1) is 18.8 Å². The molecule has 2 aliphatic rings. The Morgan fingerprint density at radius 1 is 1.25 bits per heavy atom. The van der Waals surface area contributed by atoms with Crippen LogP contribution in [-0.2, 0) is 11.2 Å². The number of benzene rings is 1. The Hall–Kier alpha value is -1.06. The third kappa shape index (κ3) is 2.70. The lowest BCUT2D eigenvalue weighted by Gasteiger charge is -2.33. The van der Waals surface area contributed by atoms with Gasteiger partial charge in [0, 0.05) is 13.5 Å². The van der Waals surface area contributed by atoms with Crippen molar-refractivity contribution in [2.75, 3.05) is 13.7 Å².